The van der Waals surface area contributed by atoms with E-state index < -0.39 is 17.0 Å². The van der Waals surface area contributed by atoms with Crippen molar-refractivity contribution in [2.75, 3.05) is 0 Å². The molecule has 1 atom stereocenters. The van der Waals surface area contributed by atoms with Gasteiger partial charge in [0, 0.05) is 10.6 Å². The zero-order chi connectivity index (χ0) is 14.0. The Labute approximate surface area is 124 Å². The van der Waals surface area contributed by atoms with Gasteiger partial charge in [0.15, 0.2) is 5.78 Å². The number of hydrogen-bond acceptors (Lipinski definition) is 1. The maximum absolute atomic E-state index is 13.5. The Morgan fingerprint density at radius 3 is 2.37 bits per heavy atom. The molecular weight excluding hydrogens is 310 g/mol. The fourth-order valence-electron chi connectivity index (χ4n) is 1.65. The first kappa shape index (κ1) is 14.3. The monoisotopic (exact) mass is 316 g/mol. The normalized spacial score (nSPS) is 12.2. The summed E-state index contributed by atoms with van der Waals surface area (Å²) in [6.07, 6.45) is 0. The number of rotatable bonds is 3. The van der Waals surface area contributed by atoms with E-state index in [1.165, 1.54) is 6.07 Å². The quantitative estimate of drug-likeness (QED) is 0.427. The minimum Gasteiger partial charge on any atom is -0.292 e. The van der Waals surface area contributed by atoms with E-state index in [9.17, 15) is 9.18 Å². The molecule has 0 saturated heterocycles. The van der Waals surface area contributed by atoms with Gasteiger partial charge in [-0.05, 0) is 17.7 Å². The molecule has 1 unspecified atom stereocenters. The highest BCUT2D eigenvalue weighted by molar-refractivity contribution is 6.40. The average Bonchev–Trinajstić information content (AvgIpc) is 2.42. The minimum atomic E-state index is -0.934. The predicted molar refractivity (Wildman–Crippen MR) is 75.8 cm³/mol. The number of carbonyl (C=O) groups is 1. The average molecular weight is 318 g/mol. The molecule has 0 N–H and O–H groups in total. The van der Waals surface area contributed by atoms with Crippen molar-refractivity contribution in [1.29, 1.82) is 0 Å². The van der Waals surface area contributed by atoms with E-state index in [2.05, 4.69) is 0 Å². The van der Waals surface area contributed by atoms with E-state index in [1.807, 2.05) is 6.07 Å². The maximum Gasteiger partial charge on any atom is 0.186 e. The van der Waals surface area contributed by atoms with Crippen LogP contribution in [0.1, 0.15) is 21.3 Å². The number of alkyl halides is 1. The lowest BCUT2D eigenvalue weighted by Crippen LogP contribution is -2.09. The first-order valence-corrected chi connectivity index (χ1v) is 6.57. The Morgan fingerprint density at radius 1 is 1.11 bits per heavy atom. The standard InChI is InChI=1S/C14H8Cl3FO/c15-9-6-10(13(17)11(18)7-9)14(19)12(16)8-4-2-1-3-5-8/h1-7,12H. The third-order valence-corrected chi connectivity index (χ3v) is 3.63. The van der Waals surface area contributed by atoms with E-state index in [0.29, 0.717) is 5.56 Å². The van der Waals surface area contributed by atoms with Crippen molar-refractivity contribution in [2.24, 2.45) is 0 Å². The second kappa shape index (κ2) is 5.91. The summed E-state index contributed by atoms with van der Waals surface area (Å²) in [4.78, 5) is 12.2. The van der Waals surface area contributed by atoms with Gasteiger partial charge in [-0.1, -0.05) is 53.5 Å². The highest BCUT2D eigenvalue weighted by Crippen LogP contribution is 2.31. The molecule has 2 aromatic rings. The molecule has 2 aromatic carbocycles. The van der Waals surface area contributed by atoms with Gasteiger partial charge in [-0.25, -0.2) is 4.39 Å². The van der Waals surface area contributed by atoms with Gasteiger partial charge in [0.25, 0.3) is 0 Å². The summed E-state index contributed by atoms with van der Waals surface area (Å²) in [5, 5.41) is -1.10. The van der Waals surface area contributed by atoms with Gasteiger partial charge in [-0.2, -0.15) is 0 Å². The van der Waals surface area contributed by atoms with Crippen LogP contribution in [-0.4, -0.2) is 5.78 Å². The molecule has 5 heteroatoms. The first-order valence-electron chi connectivity index (χ1n) is 5.38. The Balaban J connectivity index is 2.40. The van der Waals surface area contributed by atoms with Crippen LogP contribution in [0.2, 0.25) is 10.0 Å². The van der Waals surface area contributed by atoms with Crippen molar-refractivity contribution >= 4 is 40.6 Å². The van der Waals surface area contributed by atoms with Crippen molar-refractivity contribution in [2.45, 2.75) is 5.38 Å². The van der Waals surface area contributed by atoms with E-state index in [-0.39, 0.29) is 15.6 Å². The molecule has 1 nitrogen and oxygen atoms in total. The van der Waals surface area contributed by atoms with Gasteiger partial charge < -0.3 is 0 Å². The van der Waals surface area contributed by atoms with Crippen LogP contribution >= 0.6 is 34.8 Å². The lowest BCUT2D eigenvalue weighted by Gasteiger charge is -2.11. The van der Waals surface area contributed by atoms with Gasteiger partial charge in [-0.3, -0.25) is 4.79 Å². The lowest BCUT2D eigenvalue weighted by molar-refractivity contribution is 0.0987. The molecule has 0 spiro atoms. The second-order valence-electron chi connectivity index (χ2n) is 3.89. The topological polar surface area (TPSA) is 17.1 Å². The zero-order valence-corrected chi connectivity index (χ0v) is 11.8. The van der Waals surface area contributed by atoms with Crippen LogP contribution in [0.4, 0.5) is 4.39 Å². The van der Waals surface area contributed by atoms with Crippen LogP contribution in [0.3, 0.4) is 0 Å². The van der Waals surface area contributed by atoms with E-state index >= 15 is 0 Å². The summed E-state index contributed by atoms with van der Waals surface area (Å²) in [5.41, 5.74) is 0.598. The third kappa shape index (κ3) is 3.08. The molecule has 0 amide bonds. The Bertz CT molecular complexity index is 614. The van der Waals surface area contributed by atoms with Crippen LogP contribution < -0.4 is 0 Å². The SMILES string of the molecule is O=C(c1cc(Cl)cc(F)c1Cl)C(Cl)c1ccccc1. The summed E-state index contributed by atoms with van der Waals surface area (Å²) in [6, 6.07) is 11.1. The highest BCUT2D eigenvalue weighted by Gasteiger charge is 2.23. The Morgan fingerprint density at radius 2 is 1.74 bits per heavy atom. The van der Waals surface area contributed by atoms with Crippen molar-refractivity contribution in [3.05, 3.63) is 69.5 Å². The van der Waals surface area contributed by atoms with Gasteiger partial charge in [0.05, 0.1) is 5.02 Å². The van der Waals surface area contributed by atoms with Crippen LogP contribution in [-0.2, 0) is 0 Å². The van der Waals surface area contributed by atoms with Crippen LogP contribution in [0.5, 0.6) is 0 Å². The first-order chi connectivity index (χ1) is 9.00. The zero-order valence-electron chi connectivity index (χ0n) is 9.54. The molecule has 0 aromatic heterocycles. The number of Topliss-reactive ketones (excluding diaryl/α,β-unsaturated/α-hetero) is 1. The fraction of sp³-hybridized carbons (Fsp3) is 0.0714. The van der Waals surface area contributed by atoms with Crippen molar-refractivity contribution in [3.63, 3.8) is 0 Å². The number of hydrogen-bond donors (Lipinski definition) is 0. The maximum atomic E-state index is 13.5. The lowest BCUT2D eigenvalue weighted by atomic mass is 10.0. The minimum absolute atomic E-state index is 0.0180. The molecule has 0 aliphatic carbocycles. The van der Waals surface area contributed by atoms with Gasteiger partial charge in [0.2, 0.25) is 0 Å². The van der Waals surface area contributed by atoms with Crippen molar-refractivity contribution < 1.29 is 9.18 Å². The summed E-state index contributed by atoms with van der Waals surface area (Å²) in [7, 11) is 0. The molecule has 98 valence electrons. The molecule has 2 rings (SSSR count). The van der Waals surface area contributed by atoms with Gasteiger partial charge in [0.1, 0.15) is 11.2 Å². The second-order valence-corrected chi connectivity index (χ2v) is 5.14. The Hall–Kier alpha value is -1.09. The van der Waals surface area contributed by atoms with Gasteiger partial charge in [-0.15, -0.1) is 11.6 Å². The van der Waals surface area contributed by atoms with E-state index in [1.54, 1.807) is 24.3 Å². The number of halogens is 4. The molecular formula is C14H8Cl3FO. The van der Waals surface area contributed by atoms with Crippen LogP contribution in [0.15, 0.2) is 42.5 Å². The number of benzene rings is 2. The summed E-state index contributed by atoms with van der Waals surface area (Å²) in [6.45, 7) is 0. The Kier molecular flexibility index (Phi) is 4.46. The smallest absolute Gasteiger partial charge is 0.186 e. The van der Waals surface area contributed by atoms with E-state index in [4.69, 9.17) is 34.8 Å². The van der Waals surface area contributed by atoms with Crippen molar-refractivity contribution in [1.82, 2.24) is 0 Å². The predicted octanol–water partition coefficient (Wildman–Crippen LogP) is 5.30. The van der Waals surface area contributed by atoms with Crippen molar-refractivity contribution in [3.8, 4) is 0 Å². The van der Waals surface area contributed by atoms with Crippen LogP contribution in [0, 0.1) is 5.82 Å². The fourth-order valence-corrected chi connectivity index (χ4v) is 2.32. The molecule has 0 fully saturated rings. The molecule has 0 aliphatic heterocycles. The van der Waals surface area contributed by atoms with Gasteiger partial charge >= 0.3 is 0 Å². The largest absolute Gasteiger partial charge is 0.292 e. The number of carbonyl (C=O) groups excluding carboxylic acids is 1. The summed E-state index contributed by atoms with van der Waals surface area (Å²) < 4.78 is 13.5. The summed E-state index contributed by atoms with van der Waals surface area (Å²) in [5.74, 6) is -1.23. The summed E-state index contributed by atoms with van der Waals surface area (Å²) >= 11 is 17.6. The molecule has 0 radical (unpaired) electrons. The molecule has 0 aliphatic rings. The molecule has 0 saturated carbocycles. The molecule has 19 heavy (non-hydrogen) atoms. The van der Waals surface area contributed by atoms with Crippen LogP contribution in [0.25, 0.3) is 0 Å². The molecule has 0 heterocycles. The molecule has 0 bridgehead atoms. The number of ketones is 1. The van der Waals surface area contributed by atoms with E-state index in [0.717, 1.165) is 6.07 Å². The third-order valence-electron chi connectivity index (χ3n) is 2.58. The highest BCUT2D eigenvalue weighted by atomic mass is 35.5.